The van der Waals surface area contributed by atoms with Crippen LogP contribution in [-0.2, 0) is 4.79 Å². The van der Waals surface area contributed by atoms with E-state index in [2.05, 4.69) is 0 Å². The summed E-state index contributed by atoms with van der Waals surface area (Å²) in [6.45, 7) is 1.78. The molecule has 88 valence electrons. The van der Waals surface area contributed by atoms with Gasteiger partial charge in [0.25, 0.3) is 0 Å². The van der Waals surface area contributed by atoms with E-state index in [1.54, 1.807) is 18.2 Å². The van der Waals surface area contributed by atoms with Gasteiger partial charge in [-0.25, -0.2) is 0 Å². The zero-order chi connectivity index (χ0) is 12.1. The van der Waals surface area contributed by atoms with Gasteiger partial charge < -0.3 is 14.9 Å². The van der Waals surface area contributed by atoms with Crippen molar-refractivity contribution in [2.75, 3.05) is 6.61 Å². The lowest BCUT2D eigenvalue weighted by Gasteiger charge is -2.12. The number of halogens is 1. The maximum absolute atomic E-state index is 10.3. The Hall–Kier alpha value is -1.26. The van der Waals surface area contributed by atoms with E-state index in [0.29, 0.717) is 10.8 Å². The predicted octanol–water partition coefficient (Wildman–Crippen LogP) is 1.86. The molecule has 0 spiro atoms. The second kappa shape index (κ2) is 5.72. The number of ether oxygens (including phenoxy) is 1. The van der Waals surface area contributed by atoms with Crippen molar-refractivity contribution in [1.29, 1.82) is 0 Å². The minimum Gasteiger partial charge on any atom is -0.491 e. The summed E-state index contributed by atoms with van der Waals surface area (Å²) in [6, 6.07) is 5.10. The van der Waals surface area contributed by atoms with Crippen LogP contribution in [0.4, 0.5) is 0 Å². The van der Waals surface area contributed by atoms with Crippen LogP contribution in [0, 0.1) is 6.92 Å². The van der Waals surface area contributed by atoms with Gasteiger partial charge in [0.15, 0.2) is 0 Å². The molecule has 1 aromatic carbocycles. The second-order valence-corrected chi connectivity index (χ2v) is 3.91. The topological polar surface area (TPSA) is 66.8 Å². The fraction of sp³-hybridized carbons (Fsp3) is 0.364. The molecule has 0 fully saturated rings. The molecule has 0 bridgehead atoms. The van der Waals surface area contributed by atoms with Crippen molar-refractivity contribution in [3.05, 3.63) is 28.8 Å². The molecule has 5 heteroatoms. The van der Waals surface area contributed by atoms with Gasteiger partial charge in [0.2, 0.25) is 0 Å². The average molecular weight is 245 g/mol. The van der Waals surface area contributed by atoms with Gasteiger partial charge >= 0.3 is 5.97 Å². The van der Waals surface area contributed by atoms with Crippen LogP contribution in [0.1, 0.15) is 12.0 Å². The van der Waals surface area contributed by atoms with Crippen LogP contribution in [0.25, 0.3) is 0 Å². The SMILES string of the molecule is Cc1cc(Cl)ccc1OCC(O)CC(=O)O. The number of aliphatic carboxylic acids is 1. The Balaban J connectivity index is 2.51. The minimum absolute atomic E-state index is 0.0469. The highest BCUT2D eigenvalue weighted by atomic mass is 35.5. The molecule has 0 aliphatic carbocycles. The first-order valence-electron chi connectivity index (χ1n) is 4.78. The van der Waals surface area contributed by atoms with Crippen LogP contribution < -0.4 is 4.74 Å². The summed E-state index contributed by atoms with van der Waals surface area (Å²) in [5.41, 5.74) is 0.843. The summed E-state index contributed by atoms with van der Waals surface area (Å²) < 4.78 is 5.28. The molecule has 0 saturated heterocycles. The molecule has 4 nitrogen and oxygen atoms in total. The maximum atomic E-state index is 10.3. The number of aliphatic hydroxyl groups excluding tert-OH is 1. The quantitative estimate of drug-likeness (QED) is 0.830. The van der Waals surface area contributed by atoms with Crippen LogP contribution >= 0.6 is 11.6 Å². The lowest BCUT2D eigenvalue weighted by Crippen LogP contribution is -2.21. The van der Waals surface area contributed by atoms with Gasteiger partial charge in [-0.2, -0.15) is 0 Å². The molecule has 0 aromatic heterocycles. The molecule has 0 heterocycles. The highest BCUT2D eigenvalue weighted by Gasteiger charge is 2.10. The van der Waals surface area contributed by atoms with E-state index in [4.69, 9.17) is 21.4 Å². The summed E-state index contributed by atoms with van der Waals surface area (Å²) in [5, 5.41) is 18.3. The fourth-order valence-electron chi connectivity index (χ4n) is 1.22. The van der Waals surface area contributed by atoms with Crippen molar-refractivity contribution in [2.24, 2.45) is 0 Å². The molecule has 0 amide bonds. The number of carboxylic acid groups (broad SMARTS) is 1. The van der Waals surface area contributed by atoms with E-state index in [1.165, 1.54) is 0 Å². The number of hydrogen-bond acceptors (Lipinski definition) is 3. The number of aryl methyl sites for hydroxylation is 1. The van der Waals surface area contributed by atoms with Gasteiger partial charge in [0, 0.05) is 5.02 Å². The van der Waals surface area contributed by atoms with Crippen LogP contribution in [-0.4, -0.2) is 28.9 Å². The van der Waals surface area contributed by atoms with Crippen molar-refractivity contribution in [2.45, 2.75) is 19.4 Å². The molecule has 1 unspecified atom stereocenters. The highest BCUT2D eigenvalue weighted by molar-refractivity contribution is 6.30. The third-order valence-corrected chi connectivity index (χ3v) is 2.21. The molecule has 1 atom stereocenters. The monoisotopic (exact) mass is 244 g/mol. The van der Waals surface area contributed by atoms with Gasteiger partial charge in [-0.1, -0.05) is 11.6 Å². The first-order chi connectivity index (χ1) is 7.49. The zero-order valence-corrected chi connectivity index (χ0v) is 9.57. The largest absolute Gasteiger partial charge is 0.491 e. The Labute approximate surface area is 98.4 Å². The molecule has 0 aliphatic heterocycles. The van der Waals surface area contributed by atoms with Gasteiger partial charge in [0.1, 0.15) is 12.4 Å². The third kappa shape index (κ3) is 4.08. The highest BCUT2D eigenvalue weighted by Crippen LogP contribution is 2.21. The van der Waals surface area contributed by atoms with Gasteiger partial charge in [-0.15, -0.1) is 0 Å². The van der Waals surface area contributed by atoms with Gasteiger partial charge in [-0.3, -0.25) is 4.79 Å². The number of hydrogen-bond donors (Lipinski definition) is 2. The summed E-state index contributed by atoms with van der Waals surface area (Å²) in [4.78, 5) is 10.3. The van der Waals surface area contributed by atoms with Crippen LogP contribution in [0.2, 0.25) is 5.02 Å². The Kier molecular flexibility index (Phi) is 4.58. The molecule has 1 aromatic rings. The van der Waals surface area contributed by atoms with Crippen molar-refractivity contribution in [3.8, 4) is 5.75 Å². The Bertz CT molecular complexity index is 378. The van der Waals surface area contributed by atoms with Crippen molar-refractivity contribution < 1.29 is 19.7 Å². The van der Waals surface area contributed by atoms with Crippen LogP contribution in [0.15, 0.2) is 18.2 Å². The molecule has 2 N–H and O–H groups in total. The normalized spacial score (nSPS) is 12.2. The molecular formula is C11H13ClO4. The summed E-state index contributed by atoms with van der Waals surface area (Å²) in [7, 11) is 0. The average Bonchev–Trinajstić information content (AvgIpc) is 2.15. The minimum atomic E-state index is -1.05. The Morgan fingerprint density at radius 3 is 2.81 bits per heavy atom. The molecule has 0 radical (unpaired) electrons. The molecular weight excluding hydrogens is 232 g/mol. The Morgan fingerprint density at radius 2 is 2.25 bits per heavy atom. The van der Waals surface area contributed by atoms with E-state index in [9.17, 15) is 9.90 Å². The molecule has 1 rings (SSSR count). The number of benzene rings is 1. The maximum Gasteiger partial charge on any atom is 0.306 e. The predicted molar refractivity (Wildman–Crippen MR) is 59.9 cm³/mol. The van der Waals surface area contributed by atoms with E-state index in [-0.39, 0.29) is 13.0 Å². The third-order valence-electron chi connectivity index (χ3n) is 1.98. The second-order valence-electron chi connectivity index (χ2n) is 3.47. The lowest BCUT2D eigenvalue weighted by molar-refractivity contribution is -0.139. The van der Waals surface area contributed by atoms with Crippen molar-refractivity contribution in [1.82, 2.24) is 0 Å². The fourth-order valence-corrected chi connectivity index (χ4v) is 1.45. The number of aliphatic hydroxyl groups is 1. The molecule has 16 heavy (non-hydrogen) atoms. The first-order valence-corrected chi connectivity index (χ1v) is 5.15. The first kappa shape index (κ1) is 12.8. The van der Waals surface area contributed by atoms with Gasteiger partial charge in [-0.05, 0) is 30.7 Å². The summed E-state index contributed by atoms with van der Waals surface area (Å²) >= 11 is 5.77. The standard InChI is InChI=1S/C11H13ClO4/c1-7-4-8(12)2-3-10(7)16-6-9(13)5-11(14)15/h2-4,9,13H,5-6H2,1H3,(H,14,15). The van der Waals surface area contributed by atoms with E-state index >= 15 is 0 Å². The lowest BCUT2D eigenvalue weighted by atomic mass is 10.2. The van der Waals surface area contributed by atoms with Crippen molar-refractivity contribution >= 4 is 17.6 Å². The summed E-state index contributed by atoms with van der Waals surface area (Å²) in [6.07, 6.45) is -1.33. The van der Waals surface area contributed by atoms with E-state index < -0.39 is 12.1 Å². The van der Waals surface area contributed by atoms with E-state index in [1.807, 2.05) is 6.92 Å². The molecule has 0 aliphatic rings. The zero-order valence-electron chi connectivity index (χ0n) is 8.81. The van der Waals surface area contributed by atoms with Crippen molar-refractivity contribution in [3.63, 3.8) is 0 Å². The number of carboxylic acids is 1. The van der Waals surface area contributed by atoms with Crippen LogP contribution in [0.3, 0.4) is 0 Å². The number of carbonyl (C=O) groups is 1. The smallest absolute Gasteiger partial charge is 0.306 e. The van der Waals surface area contributed by atoms with Crippen LogP contribution in [0.5, 0.6) is 5.75 Å². The summed E-state index contributed by atoms with van der Waals surface area (Å²) in [5.74, 6) is -0.460. The van der Waals surface area contributed by atoms with E-state index in [0.717, 1.165) is 5.56 Å². The van der Waals surface area contributed by atoms with Gasteiger partial charge in [0.05, 0.1) is 12.5 Å². The number of rotatable bonds is 5. The Morgan fingerprint density at radius 1 is 1.56 bits per heavy atom. The molecule has 0 saturated carbocycles.